The Kier molecular flexibility index (Phi) is 6.95. The Morgan fingerprint density at radius 2 is 1.74 bits per heavy atom. The molecule has 166 valence electrons. The number of hydrogen-bond donors (Lipinski definition) is 3. The zero-order chi connectivity index (χ0) is 22.0. The van der Waals surface area contributed by atoms with Gasteiger partial charge in [0.25, 0.3) is 0 Å². The first kappa shape index (κ1) is 22.3. The summed E-state index contributed by atoms with van der Waals surface area (Å²) in [5, 5.41) is 16.1. The highest BCUT2D eigenvalue weighted by Gasteiger charge is 2.44. The van der Waals surface area contributed by atoms with E-state index in [1.165, 1.54) is 25.7 Å². The van der Waals surface area contributed by atoms with E-state index in [0.717, 1.165) is 24.1 Å². The SMILES string of the molecule is C[C@@H]1C(C(=O)NC2CCCCCC2)NN(c2ccc(Cl)cc2Cl)C1c1ccc(O)cc1. The molecule has 31 heavy (non-hydrogen) atoms. The van der Waals surface area contributed by atoms with Crippen LogP contribution in [0.1, 0.15) is 57.1 Å². The summed E-state index contributed by atoms with van der Waals surface area (Å²) in [5.41, 5.74) is 5.18. The molecule has 1 aliphatic carbocycles. The maximum absolute atomic E-state index is 13.3. The molecule has 2 unspecified atom stereocenters. The van der Waals surface area contributed by atoms with Gasteiger partial charge in [-0.25, -0.2) is 5.43 Å². The van der Waals surface area contributed by atoms with E-state index in [0.29, 0.717) is 10.0 Å². The minimum atomic E-state index is -0.395. The van der Waals surface area contributed by atoms with Gasteiger partial charge in [0, 0.05) is 17.0 Å². The van der Waals surface area contributed by atoms with Crippen molar-refractivity contribution in [2.24, 2.45) is 5.92 Å². The fourth-order valence-electron chi connectivity index (χ4n) is 4.80. The lowest BCUT2D eigenvalue weighted by Gasteiger charge is -2.29. The molecule has 0 radical (unpaired) electrons. The summed E-state index contributed by atoms with van der Waals surface area (Å²) in [6.45, 7) is 2.08. The van der Waals surface area contributed by atoms with Gasteiger partial charge in [-0.05, 0) is 48.7 Å². The predicted molar refractivity (Wildman–Crippen MR) is 126 cm³/mol. The molecule has 1 saturated carbocycles. The van der Waals surface area contributed by atoms with E-state index in [1.807, 2.05) is 23.2 Å². The van der Waals surface area contributed by atoms with Crippen LogP contribution < -0.4 is 15.8 Å². The second kappa shape index (κ2) is 9.68. The second-order valence-corrected chi connectivity index (χ2v) is 9.51. The van der Waals surface area contributed by atoms with Crippen LogP contribution in [-0.4, -0.2) is 23.1 Å². The smallest absolute Gasteiger partial charge is 0.239 e. The van der Waals surface area contributed by atoms with Gasteiger partial charge in [-0.2, -0.15) is 0 Å². The van der Waals surface area contributed by atoms with Crippen molar-refractivity contribution in [3.63, 3.8) is 0 Å². The molecule has 1 heterocycles. The van der Waals surface area contributed by atoms with Gasteiger partial charge in [0.2, 0.25) is 5.91 Å². The fourth-order valence-corrected chi connectivity index (χ4v) is 5.30. The first-order valence-corrected chi connectivity index (χ1v) is 11.8. The number of halogens is 2. The van der Waals surface area contributed by atoms with Crippen LogP contribution in [0.5, 0.6) is 5.75 Å². The molecule has 5 nitrogen and oxygen atoms in total. The van der Waals surface area contributed by atoms with Gasteiger partial charge in [-0.1, -0.05) is 67.9 Å². The lowest BCUT2D eigenvalue weighted by Crippen LogP contribution is -2.49. The summed E-state index contributed by atoms with van der Waals surface area (Å²) in [5.74, 6) is 0.207. The summed E-state index contributed by atoms with van der Waals surface area (Å²) < 4.78 is 0. The average molecular weight is 462 g/mol. The zero-order valence-electron chi connectivity index (χ0n) is 17.7. The summed E-state index contributed by atoms with van der Waals surface area (Å²) >= 11 is 12.6. The third-order valence-corrected chi connectivity index (χ3v) is 7.01. The average Bonchev–Trinajstić information content (AvgIpc) is 2.89. The number of aromatic hydroxyl groups is 1. The molecule has 1 aliphatic heterocycles. The second-order valence-electron chi connectivity index (χ2n) is 8.67. The lowest BCUT2D eigenvalue weighted by atomic mass is 9.89. The van der Waals surface area contributed by atoms with Crippen LogP contribution >= 0.6 is 23.2 Å². The molecule has 2 aliphatic rings. The summed E-state index contributed by atoms with van der Waals surface area (Å²) in [7, 11) is 0. The molecular formula is C24H29Cl2N3O2. The van der Waals surface area contributed by atoms with Crippen LogP contribution in [0.4, 0.5) is 5.69 Å². The van der Waals surface area contributed by atoms with Crippen molar-refractivity contribution in [3.05, 3.63) is 58.1 Å². The molecule has 3 N–H and O–H groups in total. The first-order valence-electron chi connectivity index (χ1n) is 11.0. The Bertz CT molecular complexity index is 914. The predicted octanol–water partition coefficient (Wildman–Crippen LogP) is 5.61. The summed E-state index contributed by atoms with van der Waals surface area (Å²) in [4.78, 5) is 13.3. The Morgan fingerprint density at radius 3 is 2.39 bits per heavy atom. The van der Waals surface area contributed by atoms with Gasteiger partial charge in [0.15, 0.2) is 0 Å². The molecule has 1 amide bonds. The molecule has 4 rings (SSSR count). The number of nitrogens with zero attached hydrogens (tertiary/aromatic N) is 1. The third-order valence-electron chi connectivity index (χ3n) is 6.47. The van der Waals surface area contributed by atoms with Crippen LogP contribution in [0.2, 0.25) is 10.0 Å². The van der Waals surface area contributed by atoms with Crippen molar-refractivity contribution in [2.45, 2.75) is 63.6 Å². The van der Waals surface area contributed by atoms with E-state index in [1.54, 1.807) is 24.3 Å². The third kappa shape index (κ3) is 4.94. The van der Waals surface area contributed by atoms with Crippen LogP contribution in [0.15, 0.2) is 42.5 Å². The number of hydrazine groups is 1. The maximum atomic E-state index is 13.3. The highest BCUT2D eigenvalue weighted by atomic mass is 35.5. The number of anilines is 1. The van der Waals surface area contributed by atoms with Crippen molar-refractivity contribution >= 4 is 34.8 Å². The molecular weight excluding hydrogens is 433 g/mol. The molecule has 2 aromatic rings. The van der Waals surface area contributed by atoms with Crippen LogP contribution in [0.3, 0.4) is 0 Å². The molecule has 0 bridgehead atoms. The summed E-state index contributed by atoms with van der Waals surface area (Å²) in [6.07, 6.45) is 6.91. The van der Waals surface area contributed by atoms with Gasteiger partial charge in [0.05, 0.1) is 16.8 Å². The number of rotatable bonds is 4. The fraction of sp³-hybridized carbons (Fsp3) is 0.458. The van der Waals surface area contributed by atoms with Crippen LogP contribution in [-0.2, 0) is 4.79 Å². The Morgan fingerprint density at radius 1 is 1.06 bits per heavy atom. The van der Waals surface area contributed by atoms with Crippen molar-refractivity contribution in [1.82, 2.24) is 10.7 Å². The molecule has 1 saturated heterocycles. The molecule has 0 spiro atoms. The standard InChI is InChI=1S/C24H29Cl2N3O2/c1-15-22(24(31)27-18-6-4-2-3-5-7-18)28-29(21-13-10-17(25)14-20(21)26)23(15)16-8-11-19(30)12-9-16/h8-15,18,22-23,28,30H,2-7H2,1H3,(H,27,31)/t15-,22?,23?/m1/s1. The highest BCUT2D eigenvalue weighted by molar-refractivity contribution is 6.36. The minimum absolute atomic E-state index is 0.0239. The number of phenolic OH excluding ortho intramolecular Hbond substituents is 1. The van der Waals surface area contributed by atoms with Gasteiger partial charge in [0.1, 0.15) is 11.8 Å². The van der Waals surface area contributed by atoms with E-state index < -0.39 is 6.04 Å². The Labute approximate surface area is 193 Å². The minimum Gasteiger partial charge on any atom is -0.508 e. The number of phenols is 1. The first-order chi connectivity index (χ1) is 14.9. The van der Waals surface area contributed by atoms with Crippen LogP contribution in [0, 0.1) is 5.92 Å². The van der Waals surface area contributed by atoms with Crippen molar-refractivity contribution in [2.75, 3.05) is 5.01 Å². The number of hydrogen-bond acceptors (Lipinski definition) is 4. The number of carbonyl (C=O) groups excluding carboxylic acids is 1. The molecule has 7 heteroatoms. The number of nitrogens with one attached hydrogen (secondary N) is 2. The zero-order valence-corrected chi connectivity index (χ0v) is 19.2. The van der Waals surface area contributed by atoms with E-state index in [2.05, 4.69) is 17.7 Å². The lowest BCUT2D eigenvalue weighted by molar-refractivity contribution is -0.124. The van der Waals surface area contributed by atoms with Gasteiger partial charge in [-0.15, -0.1) is 0 Å². The van der Waals surface area contributed by atoms with E-state index >= 15 is 0 Å². The van der Waals surface area contributed by atoms with Crippen molar-refractivity contribution < 1.29 is 9.90 Å². The van der Waals surface area contributed by atoms with Crippen molar-refractivity contribution in [3.8, 4) is 5.75 Å². The largest absolute Gasteiger partial charge is 0.508 e. The normalized spacial score (nSPS) is 24.7. The van der Waals surface area contributed by atoms with E-state index in [-0.39, 0.29) is 29.7 Å². The maximum Gasteiger partial charge on any atom is 0.239 e. The van der Waals surface area contributed by atoms with E-state index in [4.69, 9.17) is 23.2 Å². The number of benzene rings is 2. The van der Waals surface area contributed by atoms with Gasteiger partial charge >= 0.3 is 0 Å². The molecule has 3 atom stereocenters. The Balaban J connectivity index is 1.62. The quantitative estimate of drug-likeness (QED) is 0.517. The number of amides is 1. The molecule has 2 aromatic carbocycles. The monoisotopic (exact) mass is 461 g/mol. The van der Waals surface area contributed by atoms with Gasteiger partial charge in [-0.3, -0.25) is 9.80 Å². The topological polar surface area (TPSA) is 64.6 Å². The van der Waals surface area contributed by atoms with Crippen LogP contribution in [0.25, 0.3) is 0 Å². The molecule has 2 fully saturated rings. The Hall–Kier alpha value is -1.95. The van der Waals surface area contributed by atoms with E-state index in [9.17, 15) is 9.90 Å². The van der Waals surface area contributed by atoms with Crippen molar-refractivity contribution in [1.29, 1.82) is 0 Å². The van der Waals surface area contributed by atoms with Gasteiger partial charge < -0.3 is 10.4 Å². The summed E-state index contributed by atoms with van der Waals surface area (Å²) in [6, 6.07) is 12.2. The number of carbonyl (C=O) groups is 1. The highest BCUT2D eigenvalue weighted by Crippen LogP contribution is 2.42. The molecule has 0 aromatic heterocycles.